The normalized spacial score (nSPS) is 24.5. The van der Waals surface area contributed by atoms with Crippen LogP contribution < -0.4 is 5.56 Å². The van der Waals surface area contributed by atoms with Gasteiger partial charge >= 0.3 is 0 Å². The Morgan fingerprint density at radius 2 is 2.07 bits per heavy atom. The Balaban J connectivity index is 1.30. The predicted octanol–water partition coefficient (Wildman–Crippen LogP) is 2.29. The van der Waals surface area contributed by atoms with Crippen LogP contribution in [0.4, 0.5) is 0 Å². The van der Waals surface area contributed by atoms with E-state index in [4.69, 9.17) is 16.6 Å². The van der Waals surface area contributed by atoms with Crippen LogP contribution in [0.5, 0.6) is 0 Å². The van der Waals surface area contributed by atoms with Crippen molar-refractivity contribution in [1.29, 1.82) is 0 Å². The van der Waals surface area contributed by atoms with Crippen LogP contribution in [0.2, 0.25) is 0 Å². The Labute approximate surface area is 182 Å². The number of carbonyl (C=O) groups excluding carboxylic acids is 2. The average Bonchev–Trinajstić information content (AvgIpc) is 3.33. The van der Waals surface area contributed by atoms with Gasteiger partial charge in [0.25, 0.3) is 11.5 Å². The Kier molecular flexibility index (Phi) is 4.86. The molecule has 0 unspecified atom stereocenters. The van der Waals surface area contributed by atoms with E-state index in [1.54, 1.807) is 30.3 Å². The summed E-state index contributed by atoms with van der Waals surface area (Å²) in [6, 6.07) is 8.83. The van der Waals surface area contributed by atoms with Crippen LogP contribution in [0.25, 0.3) is 6.08 Å². The maximum atomic E-state index is 13.0. The number of aromatic nitrogens is 1. The first kappa shape index (κ1) is 19.3. The van der Waals surface area contributed by atoms with Gasteiger partial charge in [-0.05, 0) is 30.5 Å². The zero-order valence-electron chi connectivity index (χ0n) is 16.0. The van der Waals surface area contributed by atoms with Gasteiger partial charge in [-0.1, -0.05) is 30.0 Å². The minimum absolute atomic E-state index is 0.0166. The molecule has 2 saturated heterocycles. The summed E-state index contributed by atoms with van der Waals surface area (Å²) in [5, 5.41) is 0. The van der Waals surface area contributed by atoms with Crippen LogP contribution in [0, 0.1) is 5.92 Å². The maximum Gasteiger partial charge on any atom is 0.266 e. The van der Waals surface area contributed by atoms with Crippen molar-refractivity contribution in [2.24, 2.45) is 5.92 Å². The molecule has 2 aromatic rings. The number of piperidine rings is 1. The number of furan rings is 1. The first-order valence-corrected chi connectivity index (χ1v) is 11.0. The molecule has 5 rings (SSSR count). The smallest absolute Gasteiger partial charge is 0.266 e. The molecule has 7 nitrogen and oxygen atoms in total. The van der Waals surface area contributed by atoms with Crippen LogP contribution in [-0.2, 0) is 16.1 Å². The van der Waals surface area contributed by atoms with E-state index in [1.807, 2.05) is 15.5 Å². The highest BCUT2D eigenvalue weighted by Gasteiger charge is 2.39. The van der Waals surface area contributed by atoms with Crippen molar-refractivity contribution < 1.29 is 14.0 Å². The Hall–Kier alpha value is -2.65. The lowest BCUT2D eigenvalue weighted by atomic mass is 9.83. The fraction of sp³-hybridized carbons (Fsp3) is 0.333. The Morgan fingerprint density at radius 3 is 2.87 bits per heavy atom. The molecule has 0 saturated carbocycles. The molecule has 2 fully saturated rings. The van der Waals surface area contributed by atoms with Crippen LogP contribution >= 0.6 is 24.0 Å². The van der Waals surface area contributed by atoms with Gasteiger partial charge in [-0.2, -0.15) is 0 Å². The van der Waals surface area contributed by atoms with Gasteiger partial charge in [0.1, 0.15) is 16.6 Å². The first-order valence-electron chi connectivity index (χ1n) is 9.76. The van der Waals surface area contributed by atoms with Gasteiger partial charge in [-0.15, -0.1) is 0 Å². The van der Waals surface area contributed by atoms with E-state index in [0.717, 1.165) is 12.1 Å². The van der Waals surface area contributed by atoms with Crippen molar-refractivity contribution in [3.63, 3.8) is 0 Å². The molecule has 3 aliphatic rings. The van der Waals surface area contributed by atoms with Crippen molar-refractivity contribution in [2.75, 3.05) is 19.6 Å². The average molecular weight is 442 g/mol. The molecule has 0 spiro atoms. The quantitative estimate of drug-likeness (QED) is 0.537. The van der Waals surface area contributed by atoms with Gasteiger partial charge in [0, 0.05) is 43.4 Å². The Morgan fingerprint density at radius 1 is 1.20 bits per heavy atom. The summed E-state index contributed by atoms with van der Waals surface area (Å²) in [6.07, 6.45) is 4.15. The third kappa shape index (κ3) is 3.41. The number of likely N-dealkylation sites (tertiary alicyclic amines) is 1. The van der Waals surface area contributed by atoms with Gasteiger partial charge in [-0.25, -0.2) is 0 Å². The highest BCUT2D eigenvalue weighted by atomic mass is 32.2. The molecule has 5 heterocycles. The number of thioether (sulfide) groups is 1. The second-order valence-corrected chi connectivity index (χ2v) is 9.46. The van der Waals surface area contributed by atoms with Crippen LogP contribution in [0.1, 0.15) is 23.8 Å². The van der Waals surface area contributed by atoms with E-state index < -0.39 is 0 Å². The number of hydrogen-bond donors (Lipinski definition) is 0. The molecule has 9 heteroatoms. The molecule has 0 N–H and O–H groups in total. The lowest BCUT2D eigenvalue weighted by molar-refractivity contribution is -0.137. The number of pyridine rings is 1. The van der Waals surface area contributed by atoms with Crippen molar-refractivity contribution in [1.82, 2.24) is 14.4 Å². The molecule has 2 aromatic heterocycles. The van der Waals surface area contributed by atoms with E-state index >= 15 is 0 Å². The van der Waals surface area contributed by atoms with Crippen molar-refractivity contribution in [3.05, 3.63) is 63.3 Å². The van der Waals surface area contributed by atoms with E-state index in [0.29, 0.717) is 34.6 Å². The van der Waals surface area contributed by atoms with Crippen LogP contribution in [0.3, 0.4) is 0 Å². The van der Waals surface area contributed by atoms with Gasteiger partial charge < -0.3 is 13.9 Å². The summed E-state index contributed by atoms with van der Waals surface area (Å²) >= 11 is 6.52. The molecule has 2 amide bonds. The maximum absolute atomic E-state index is 13.0. The van der Waals surface area contributed by atoms with Gasteiger partial charge in [0.2, 0.25) is 5.91 Å². The summed E-state index contributed by atoms with van der Waals surface area (Å²) in [5.41, 5.74) is 1.01. The molecule has 0 aromatic carbocycles. The molecule has 3 aliphatic heterocycles. The molecule has 0 aliphatic carbocycles. The van der Waals surface area contributed by atoms with Crippen molar-refractivity contribution >= 4 is 46.2 Å². The van der Waals surface area contributed by atoms with E-state index in [9.17, 15) is 14.4 Å². The predicted molar refractivity (Wildman–Crippen MR) is 117 cm³/mol. The van der Waals surface area contributed by atoms with Crippen LogP contribution in [-0.4, -0.2) is 50.1 Å². The number of fused-ring (bicyclic) bond motifs is 4. The molecule has 154 valence electrons. The summed E-state index contributed by atoms with van der Waals surface area (Å²) in [4.78, 5) is 41.6. The molecule has 2 atom stereocenters. The van der Waals surface area contributed by atoms with Crippen LogP contribution in [0.15, 0.2) is 50.7 Å². The molecular weight excluding hydrogens is 422 g/mol. The fourth-order valence-corrected chi connectivity index (χ4v) is 5.71. The van der Waals surface area contributed by atoms with Gasteiger partial charge in [0.05, 0.1) is 11.2 Å². The molecule has 0 radical (unpaired) electrons. The lowest BCUT2D eigenvalue weighted by Crippen LogP contribution is -2.51. The SMILES string of the molecule is O=C(CN1C(=O)C(=Cc2ccco2)SC1=S)N1C[C@@H]2C[C@@H](C1)c1cccc(=O)n1C2. The number of nitrogens with zero attached hydrogens (tertiary/aromatic N) is 3. The minimum atomic E-state index is -0.274. The fourth-order valence-electron chi connectivity index (χ4n) is 4.47. The highest BCUT2D eigenvalue weighted by Crippen LogP contribution is 2.36. The molecule has 2 bridgehead atoms. The second-order valence-electron chi connectivity index (χ2n) is 7.78. The second kappa shape index (κ2) is 7.55. The van der Waals surface area contributed by atoms with E-state index in [2.05, 4.69) is 0 Å². The number of hydrogen-bond acceptors (Lipinski definition) is 6. The topological polar surface area (TPSA) is 75.8 Å². The number of carbonyl (C=O) groups is 2. The summed E-state index contributed by atoms with van der Waals surface area (Å²) in [6.45, 7) is 1.70. The minimum Gasteiger partial charge on any atom is -0.465 e. The monoisotopic (exact) mass is 441 g/mol. The number of rotatable bonds is 3. The van der Waals surface area contributed by atoms with E-state index in [-0.39, 0.29) is 35.8 Å². The number of amides is 2. The third-order valence-electron chi connectivity index (χ3n) is 5.82. The summed E-state index contributed by atoms with van der Waals surface area (Å²) in [5.74, 6) is 0.557. The molecule has 30 heavy (non-hydrogen) atoms. The Bertz CT molecular complexity index is 1120. The first-order chi connectivity index (χ1) is 14.5. The van der Waals surface area contributed by atoms with Crippen molar-refractivity contribution in [3.8, 4) is 0 Å². The summed E-state index contributed by atoms with van der Waals surface area (Å²) < 4.78 is 7.48. The largest absolute Gasteiger partial charge is 0.465 e. The third-order valence-corrected chi connectivity index (χ3v) is 7.19. The summed E-state index contributed by atoms with van der Waals surface area (Å²) in [7, 11) is 0. The number of thiocarbonyl (C=S) groups is 1. The standard InChI is InChI=1S/C21H19N3O4S2/c25-18-5-1-4-16-14-7-13(10-23(16)18)9-22(11-14)19(26)12-24-20(27)17(30-21(24)29)8-15-3-2-6-28-15/h1-6,8,13-14H,7,9-12H2/t13-,14-/m0/s1. The van der Waals surface area contributed by atoms with Gasteiger partial charge in [-0.3, -0.25) is 19.3 Å². The van der Waals surface area contributed by atoms with Gasteiger partial charge in [0.15, 0.2) is 0 Å². The van der Waals surface area contributed by atoms with Crippen molar-refractivity contribution in [2.45, 2.75) is 18.9 Å². The van der Waals surface area contributed by atoms with E-state index in [1.165, 1.54) is 22.9 Å². The lowest BCUT2D eigenvalue weighted by Gasteiger charge is -2.43. The molecular formula is C21H19N3O4S2. The zero-order valence-corrected chi connectivity index (χ0v) is 17.7. The highest BCUT2D eigenvalue weighted by molar-refractivity contribution is 8.26. The zero-order chi connectivity index (χ0) is 20.8.